The Labute approximate surface area is 135 Å². The normalized spacial score (nSPS) is 19.6. The number of benzene rings is 1. The largest absolute Gasteiger partial charge is 0.367 e. The van der Waals surface area contributed by atoms with Gasteiger partial charge in [-0.05, 0) is 18.4 Å². The molecule has 1 saturated heterocycles. The molecule has 122 valence electrons. The lowest BCUT2D eigenvalue weighted by Gasteiger charge is -2.33. The van der Waals surface area contributed by atoms with Crippen molar-refractivity contribution in [2.75, 3.05) is 20.2 Å². The first-order valence-electron chi connectivity index (χ1n) is 7.85. The van der Waals surface area contributed by atoms with Gasteiger partial charge in [0.15, 0.2) is 11.9 Å². The van der Waals surface area contributed by atoms with Gasteiger partial charge in [0.1, 0.15) is 0 Å². The maximum absolute atomic E-state index is 12.8. The molecule has 1 amide bonds. The highest BCUT2D eigenvalue weighted by molar-refractivity contribution is 5.82. The molecule has 1 aromatic heterocycles. The van der Waals surface area contributed by atoms with Crippen LogP contribution in [0.2, 0.25) is 0 Å². The fraction of sp³-hybridized carbons (Fsp3) is 0.471. The molecule has 0 spiro atoms. The van der Waals surface area contributed by atoms with Crippen LogP contribution in [0.5, 0.6) is 0 Å². The second kappa shape index (κ2) is 6.91. The van der Waals surface area contributed by atoms with Crippen LogP contribution >= 0.6 is 0 Å². The predicted molar refractivity (Wildman–Crippen MR) is 83.8 cm³/mol. The zero-order valence-corrected chi connectivity index (χ0v) is 13.4. The molecule has 2 aromatic rings. The van der Waals surface area contributed by atoms with Crippen LogP contribution in [0, 0.1) is 6.92 Å². The number of nitrogens with zero attached hydrogens (tertiary/aromatic N) is 3. The molecule has 23 heavy (non-hydrogen) atoms. The van der Waals surface area contributed by atoms with Gasteiger partial charge in [0.25, 0.3) is 5.91 Å². The highest BCUT2D eigenvalue weighted by Gasteiger charge is 2.32. The Bertz CT molecular complexity index is 656. The van der Waals surface area contributed by atoms with Crippen molar-refractivity contribution in [3.63, 3.8) is 0 Å². The van der Waals surface area contributed by atoms with E-state index in [4.69, 9.17) is 9.26 Å². The third-order valence-electron chi connectivity index (χ3n) is 4.20. The average molecular weight is 315 g/mol. The van der Waals surface area contributed by atoms with Crippen LogP contribution in [0.3, 0.4) is 0 Å². The molecule has 1 aliphatic heterocycles. The highest BCUT2D eigenvalue weighted by Crippen LogP contribution is 2.28. The molecule has 0 saturated carbocycles. The molecule has 0 bridgehead atoms. The number of hydrogen-bond acceptors (Lipinski definition) is 5. The van der Waals surface area contributed by atoms with Crippen molar-refractivity contribution in [2.45, 2.75) is 31.8 Å². The van der Waals surface area contributed by atoms with Crippen molar-refractivity contribution in [3.05, 3.63) is 47.6 Å². The number of rotatable bonds is 4. The lowest BCUT2D eigenvalue weighted by molar-refractivity contribution is -0.143. The Morgan fingerprint density at radius 2 is 2.17 bits per heavy atom. The Morgan fingerprint density at radius 1 is 1.39 bits per heavy atom. The van der Waals surface area contributed by atoms with Crippen LogP contribution in [-0.2, 0) is 9.53 Å². The third kappa shape index (κ3) is 3.42. The van der Waals surface area contributed by atoms with Crippen molar-refractivity contribution in [1.29, 1.82) is 0 Å². The number of likely N-dealkylation sites (tertiary alicyclic amines) is 1. The number of ether oxygens (including phenoxy) is 1. The number of carbonyl (C=O) groups is 1. The van der Waals surface area contributed by atoms with E-state index in [2.05, 4.69) is 10.1 Å². The van der Waals surface area contributed by atoms with Crippen molar-refractivity contribution >= 4 is 5.91 Å². The van der Waals surface area contributed by atoms with Crippen molar-refractivity contribution in [2.24, 2.45) is 0 Å². The van der Waals surface area contributed by atoms with Gasteiger partial charge < -0.3 is 14.2 Å². The van der Waals surface area contributed by atoms with Crippen molar-refractivity contribution in [3.8, 4) is 0 Å². The molecule has 3 rings (SSSR count). The molecule has 6 heteroatoms. The van der Waals surface area contributed by atoms with Crippen LogP contribution in [0.1, 0.15) is 42.1 Å². The number of hydrogen-bond donors (Lipinski definition) is 0. The Kier molecular flexibility index (Phi) is 4.71. The average Bonchev–Trinajstić information content (AvgIpc) is 3.03. The Balaban J connectivity index is 1.73. The van der Waals surface area contributed by atoms with Gasteiger partial charge in [0.2, 0.25) is 5.89 Å². The summed E-state index contributed by atoms with van der Waals surface area (Å²) in [6, 6.07) is 9.58. The van der Waals surface area contributed by atoms with Gasteiger partial charge in [0.05, 0.1) is 0 Å². The van der Waals surface area contributed by atoms with Crippen molar-refractivity contribution in [1.82, 2.24) is 15.0 Å². The molecule has 2 atom stereocenters. The van der Waals surface area contributed by atoms with E-state index in [1.165, 1.54) is 0 Å². The van der Waals surface area contributed by atoms with Crippen LogP contribution in [0.25, 0.3) is 0 Å². The van der Waals surface area contributed by atoms with Crippen LogP contribution < -0.4 is 0 Å². The number of carbonyl (C=O) groups excluding carboxylic acids is 1. The van der Waals surface area contributed by atoms with E-state index >= 15 is 0 Å². The molecule has 2 heterocycles. The number of amides is 1. The summed E-state index contributed by atoms with van der Waals surface area (Å²) in [5.41, 5.74) is 0.873. The van der Waals surface area contributed by atoms with Gasteiger partial charge in [-0.1, -0.05) is 35.5 Å². The molecule has 0 radical (unpaired) electrons. The third-order valence-corrected chi connectivity index (χ3v) is 4.20. The molecular formula is C17H21N3O3. The van der Waals surface area contributed by atoms with Gasteiger partial charge >= 0.3 is 0 Å². The molecular weight excluding hydrogens is 294 g/mol. The zero-order chi connectivity index (χ0) is 16.2. The molecule has 1 fully saturated rings. The number of aromatic nitrogens is 2. The highest BCUT2D eigenvalue weighted by atomic mass is 16.5. The minimum atomic E-state index is -0.568. The van der Waals surface area contributed by atoms with E-state index in [1.807, 2.05) is 35.2 Å². The molecule has 6 nitrogen and oxygen atoms in total. The van der Waals surface area contributed by atoms with Gasteiger partial charge in [-0.15, -0.1) is 0 Å². The predicted octanol–water partition coefficient (Wildman–Crippen LogP) is 2.47. The number of aryl methyl sites for hydroxylation is 1. The second-order valence-electron chi connectivity index (χ2n) is 5.82. The van der Waals surface area contributed by atoms with E-state index in [-0.39, 0.29) is 11.8 Å². The summed E-state index contributed by atoms with van der Waals surface area (Å²) in [7, 11) is 1.57. The second-order valence-corrected chi connectivity index (χ2v) is 5.82. The number of piperidine rings is 1. The first-order chi connectivity index (χ1) is 11.2. The standard InChI is InChI=1S/C17H21N3O3/c1-12-18-16(19-23-12)14-9-6-10-20(11-14)17(21)15(22-2)13-7-4-3-5-8-13/h3-5,7-8,14-15H,6,9-11H2,1-2H3/t14-,15-/m1/s1. The lowest BCUT2D eigenvalue weighted by Crippen LogP contribution is -2.42. The van der Waals surface area contributed by atoms with Crippen LogP contribution in [-0.4, -0.2) is 41.1 Å². The molecule has 0 aliphatic carbocycles. The van der Waals surface area contributed by atoms with E-state index < -0.39 is 6.10 Å². The SMILES string of the molecule is CO[C@@H](C(=O)N1CCC[C@@H](c2noc(C)n2)C1)c1ccccc1. The van der Waals surface area contributed by atoms with Gasteiger partial charge in [-0.3, -0.25) is 4.79 Å². The van der Waals surface area contributed by atoms with Gasteiger partial charge in [-0.2, -0.15) is 4.98 Å². The zero-order valence-electron chi connectivity index (χ0n) is 13.4. The summed E-state index contributed by atoms with van der Waals surface area (Å²) in [5, 5.41) is 4.00. The van der Waals surface area contributed by atoms with E-state index in [1.54, 1.807) is 14.0 Å². The molecule has 0 N–H and O–H groups in total. The minimum absolute atomic E-state index is 0.0105. The molecule has 1 aromatic carbocycles. The molecule has 1 aliphatic rings. The Morgan fingerprint density at radius 3 is 2.83 bits per heavy atom. The van der Waals surface area contributed by atoms with E-state index in [0.29, 0.717) is 18.3 Å². The fourth-order valence-corrected chi connectivity index (χ4v) is 3.04. The quantitative estimate of drug-likeness (QED) is 0.867. The summed E-state index contributed by atoms with van der Waals surface area (Å²) in [4.78, 5) is 19.0. The van der Waals surface area contributed by atoms with E-state index in [0.717, 1.165) is 24.9 Å². The summed E-state index contributed by atoms with van der Waals surface area (Å²) in [6.07, 6.45) is 1.32. The first kappa shape index (κ1) is 15.7. The van der Waals surface area contributed by atoms with Crippen LogP contribution in [0.4, 0.5) is 0 Å². The minimum Gasteiger partial charge on any atom is -0.367 e. The topological polar surface area (TPSA) is 68.5 Å². The summed E-state index contributed by atoms with van der Waals surface area (Å²) < 4.78 is 10.5. The lowest BCUT2D eigenvalue weighted by atomic mass is 9.96. The maximum Gasteiger partial charge on any atom is 0.256 e. The Hall–Kier alpha value is -2.21. The summed E-state index contributed by atoms with van der Waals surface area (Å²) >= 11 is 0. The summed E-state index contributed by atoms with van der Waals surface area (Å²) in [6.45, 7) is 3.11. The van der Waals surface area contributed by atoms with E-state index in [9.17, 15) is 4.79 Å². The summed E-state index contributed by atoms with van der Waals surface area (Å²) in [5.74, 6) is 1.36. The maximum atomic E-state index is 12.8. The van der Waals surface area contributed by atoms with Crippen molar-refractivity contribution < 1.29 is 14.1 Å². The van der Waals surface area contributed by atoms with Crippen LogP contribution in [0.15, 0.2) is 34.9 Å². The first-order valence-corrected chi connectivity index (χ1v) is 7.85. The fourth-order valence-electron chi connectivity index (χ4n) is 3.04. The monoisotopic (exact) mass is 315 g/mol. The van der Waals surface area contributed by atoms with Gasteiger partial charge in [-0.25, -0.2) is 0 Å². The number of methoxy groups -OCH3 is 1. The molecule has 0 unspecified atom stereocenters. The van der Waals surface area contributed by atoms with Gasteiger partial charge in [0, 0.05) is 33.0 Å². The smallest absolute Gasteiger partial charge is 0.256 e.